The molecular weight excluding hydrogens is 512 g/mol. The molecule has 1 aliphatic carbocycles. The van der Waals surface area contributed by atoms with Gasteiger partial charge in [-0.1, -0.05) is 0 Å². The lowest BCUT2D eigenvalue weighted by Crippen LogP contribution is -2.36. The number of aromatic nitrogens is 6. The third kappa shape index (κ3) is 4.93. The number of aliphatic hydroxyl groups is 1. The average molecular weight is 539 g/mol. The topological polar surface area (TPSA) is 139 Å². The van der Waals surface area contributed by atoms with E-state index in [-0.39, 0.29) is 11.4 Å². The van der Waals surface area contributed by atoms with Gasteiger partial charge in [0, 0.05) is 43.3 Å². The van der Waals surface area contributed by atoms with Gasteiger partial charge in [0.25, 0.3) is 10.0 Å². The van der Waals surface area contributed by atoms with Crippen molar-refractivity contribution in [2.45, 2.75) is 44.0 Å². The number of anilines is 3. The number of hydrogen-bond acceptors (Lipinski definition) is 11. The molecule has 2 N–H and O–H groups in total. The lowest BCUT2D eigenvalue weighted by Gasteiger charge is -2.32. The molecule has 0 spiro atoms. The van der Waals surface area contributed by atoms with Crippen molar-refractivity contribution in [2.75, 3.05) is 23.3 Å². The van der Waals surface area contributed by atoms with Crippen molar-refractivity contribution in [3.63, 3.8) is 0 Å². The monoisotopic (exact) mass is 538 g/mol. The van der Waals surface area contributed by atoms with E-state index in [1.807, 2.05) is 25.4 Å². The molecule has 4 aromatic heterocycles. The van der Waals surface area contributed by atoms with Gasteiger partial charge in [-0.05, 0) is 38.7 Å². The number of rotatable bonds is 7. The van der Waals surface area contributed by atoms with Crippen molar-refractivity contribution in [1.82, 2.24) is 29.1 Å². The summed E-state index contributed by atoms with van der Waals surface area (Å²) in [7, 11) is -3.46. The summed E-state index contributed by atoms with van der Waals surface area (Å²) in [6.07, 6.45) is 10.7. The number of aliphatic hydroxyl groups excluding tert-OH is 1. The number of pyridine rings is 1. The maximum atomic E-state index is 12.5. The molecule has 2 fully saturated rings. The van der Waals surface area contributed by atoms with Gasteiger partial charge in [0.1, 0.15) is 11.6 Å². The standard InChI is InChI=1S/C24H26N8O3S2/c1-15-26-13-21(36-15)19-12-27-23(10-20(19)31-8-5-17(33)6-9-31)29-22-4-7-25-24(30-22)16-11-28-32(14-16)37(34,35)18-2-3-18/h4,7,10-14,17-18,33H,2-3,5-6,8-9H2,1H3,(H,25,27,29,30). The molecule has 11 nitrogen and oxygen atoms in total. The first-order valence-corrected chi connectivity index (χ1v) is 14.4. The van der Waals surface area contributed by atoms with Gasteiger partial charge in [0.2, 0.25) is 0 Å². The van der Waals surface area contributed by atoms with Crippen molar-refractivity contribution >= 4 is 38.7 Å². The average Bonchev–Trinajstić information content (AvgIpc) is 3.49. The summed E-state index contributed by atoms with van der Waals surface area (Å²) in [5, 5.41) is 17.9. The Morgan fingerprint density at radius 1 is 1.05 bits per heavy atom. The second-order valence-electron chi connectivity index (χ2n) is 9.28. The molecule has 0 amide bonds. The van der Waals surface area contributed by atoms with Crippen LogP contribution in [0.1, 0.15) is 30.7 Å². The van der Waals surface area contributed by atoms with E-state index in [4.69, 9.17) is 0 Å². The number of aryl methyl sites for hydroxylation is 1. The van der Waals surface area contributed by atoms with Crippen LogP contribution in [0.5, 0.6) is 0 Å². The molecule has 1 saturated heterocycles. The molecule has 1 aliphatic heterocycles. The largest absolute Gasteiger partial charge is 0.393 e. The molecule has 0 radical (unpaired) electrons. The fourth-order valence-corrected chi connectivity index (χ4v) is 6.61. The molecule has 0 unspecified atom stereocenters. The number of thiazole rings is 1. The van der Waals surface area contributed by atoms with Gasteiger partial charge in [-0.2, -0.15) is 9.19 Å². The molecule has 37 heavy (non-hydrogen) atoms. The number of nitrogens with zero attached hydrogens (tertiary/aromatic N) is 7. The van der Waals surface area contributed by atoms with Gasteiger partial charge < -0.3 is 15.3 Å². The minimum atomic E-state index is -3.46. The first kappa shape index (κ1) is 23.9. The summed E-state index contributed by atoms with van der Waals surface area (Å²) in [6, 6.07) is 3.72. The van der Waals surface area contributed by atoms with Crippen molar-refractivity contribution in [3.05, 3.63) is 48.1 Å². The number of piperidine rings is 1. The normalized spacial score (nSPS) is 16.8. The van der Waals surface area contributed by atoms with E-state index < -0.39 is 10.0 Å². The van der Waals surface area contributed by atoms with E-state index in [0.29, 0.717) is 48.7 Å². The molecule has 0 aromatic carbocycles. The van der Waals surface area contributed by atoms with Crippen LogP contribution in [0.3, 0.4) is 0 Å². The summed E-state index contributed by atoms with van der Waals surface area (Å²) in [4.78, 5) is 21.2. The van der Waals surface area contributed by atoms with Gasteiger partial charge in [-0.3, -0.25) is 0 Å². The highest BCUT2D eigenvalue weighted by Gasteiger charge is 2.37. The molecule has 2 aliphatic rings. The molecule has 13 heteroatoms. The van der Waals surface area contributed by atoms with E-state index in [9.17, 15) is 13.5 Å². The number of hydrogen-bond donors (Lipinski definition) is 2. The third-order valence-corrected chi connectivity index (χ3v) is 9.49. The summed E-state index contributed by atoms with van der Waals surface area (Å²) in [5.74, 6) is 1.50. The van der Waals surface area contributed by atoms with Crippen LogP contribution in [0.2, 0.25) is 0 Å². The van der Waals surface area contributed by atoms with Gasteiger partial charge >= 0.3 is 0 Å². The molecule has 0 bridgehead atoms. The van der Waals surface area contributed by atoms with E-state index in [2.05, 4.69) is 35.3 Å². The second-order valence-corrected chi connectivity index (χ2v) is 12.6. The number of nitrogens with one attached hydrogen (secondary N) is 1. The van der Waals surface area contributed by atoms with Crippen LogP contribution in [0.15, 0.2) is 43.1 Å². The van der Waals surface area contributed by atoms with E-state index >= 15 is 0 Å². The summed E-state index contributed by atoms with van der Waals surface area (Å²) in [5.41, 5.74) is 2.54. The minimum absolute atomic E-state index is 0.271. The molecule has 0 atom stereocenters. The van der Waals surface area contributed by atoms with Crippen molar-refractivity contribution < 1.29 is 13.5 Å². The first-order valence-electron chi connectivity index (χ1n) is 12.1. The van der Waals surface area contributed by atoms with Crippen LogP contribution < -0.4 is 10.2 Å². The molecule has 4 aromatic rings. The van der Waals surface area contributed by atoms with Crippen LogP contribution in [-0.4, -0.2) is 67.1 Å². The second kappa shape index (κ2) is 9.47. The Kier molecular flexibility index (Phi) is 6.13. The highest BCUT2D eigenvalue weighted by molar-refractivity contribution is 7.90. The fourth-order valence-electron chi connectivity index (χ4n) is 4.33. The van der Waals surface area contributed by atoms with Crippen LogP contribution in [0, 0.1) is 6.92 Å². The van der Waals surface area contributed by atoms with Gasteiger partial charge in [0.15, 0.2) is 5.82 Å². The summed E-state index contributed by atoms with van der Waals surface area (Å²) in [6.45, 7) is 3.48. The predicted octanol–water partition coefficient (Wildman–Crippen LogP) is 3.21. The summed E-state index contributed by atoms with van der Waals surface area (Å²) >= 11 is 1.62. The van der Waals surface area contributed by atoms with Crippen molar-refractivity contribution in [1.29, 1.82) is 0 Å². The summed E-state index contributed by atoms with van der Waals surface area (Å²) < 4.78 is 26.0. The van der Waals surface area contributed by atoms with E-state index in [0.717, 1.165) is 38.3 Å². The van der Waals surface area contributed by atoms with Gasteiger partial charge in [-0.15, -0.1) is 11.3 Å². The van der Waals surface area contributed by atoms with Gasteiger partial charge in [-0.25, -0.2) is 28.4 Å². The fraction of sp³-hybridized carbons (Fsp3) is 0.375. The van der Waals surface area contributed by atoms with E-state index in [1.165, 1.54) is 12.4 Å². The molecule has 6 rings (SSSR count). The van der Waals surface area contributed by atoms with Crippen LogP contribution in [0.25, 0.3) is 21.8 Å². The minimum Gasteiger partial charge on any atom is -0.393 e. The maximum absolute atomic E-state index is 12.5. The molecular formula is C24H26N8O3S2. The molecule has 5 heterocycles. The van der Waals surface area contributed by atoms with Crippen LogP contribution >= 0.6 is 11.3 Å². The third-order valence-electron chi connectivity index (χ3n) is 6.51. The SMILES string of the molecule is Cc1ncc(-c2cnc(Nc3ccnc(-c4cnn(S(=O)(=O)C5CC5)c4)n3)cc2N2CCC(O)CC2)s1. The molecule has 1 saturated carbocycles. The Bertz CT molecular complexity index is 1540. The van der Waals surface area contributed by atoms with E-state index in [1.54, 1.807) is 23.6 Å². The Balaban J connectivity index is 1.28. The van der Waals surface area contributed by atoms with Crippen molar-refractivity contribution in [2.24, 2.45) is 0 Å². The Morgan fingerprint density at radius 3 is 2.59 bits per heavy atom. The molecule has 192 valence electrons. The van der Waals surface area contributed by atoms with Crippen LogP contribution in [-0.2, 0) is 10.0 Å². The predicted molar refractivity (Wildman–Crippen MR) is 141 cm³/mol. The quantitative estimate of drug-likeness (QED) is 0.360. The zero-order valence-corrected chi connectivity index (χ0v) is 21.8. The Morgan fingerprint density at radius 2 is 1.86 bits per heavy atom. The smallest absolute Gasteiger partial charge is 0.256 e. The maximum Gasteiger partial charge on any atom is 0.256 e. The first-order chi connectivity index (χ1) is 17.9. The lowest BCUT2D eigenvalue weighted by molar-refractivity contribution is 0.145. The highest BCUT2D eigenvalue weighted by Crippen LogP contribution is 2.37. The zero-order chi connectivity index (χ0) is 25.6. The Hall–Kier alpha value is -3.42. The zero-order valence-electron chi connectivity index (χ0n) is 20.1. The Labute approximate surface area is 218 Å². The van der Waals surface area contributed by atoms with Crippen LogP contribution in [0.4, 0.5) is 17.3 Å². The van der Waals surface area contributed by atoms with Crippen molar-refractivity contribution in [3.8, 4) is 21.8 Å². The highest BCUT2D eigenvalue weighted by atomic mass is 32.2. The lowest BCUT2D eigenvalue weighted by atomic mass is 10.1. The van der Waals surface area contributed by atoms with Gasteiger partial charge in [0.05, 0.1) is 44.9 Å².